The molecule has 2 atom stereocenters. The number of benzene rings is 1. The van der Waals surface area contributed by atoms with Gasteiger partial charge in [0, 0.05) is 35.0 Å². The molecule has 1 aliphatic heterocycles. The highest BCUT2D eigenvalue weighted by atomic mass is 16.6. The number of hydrogen-bond donors (Lipinski definition) is 0. The summed E-state index contributed by atoms with van der Waals surface area (Å²) in [4.78, 5) is 37.9. The minimum Gasteiger partial charge on any atom is -0.545 e. The van der Waals surface area contributed by atoms with Crippen molar-refractivity contribution in [2.75, 3.05) is 0 Å². The number of hydrogen-bond acceptors (Lipinski definition) is 6. The molecule has 1 aromatic carbocycles. The maximum atomic E-state index is 12.0. The van der Waals surface area contributed by atoms with E-state index in [9.17, 15) is 24.8 Å². The van der Waals surface area contributed by atoms with Crippen LogP contribution in [0.25, 0.3) is 0 Å². The lowest BCUT2D eigenvalue weighted by molar-refractivity contribution is -0.384. The Morgan fingerprint density at radius 1 is 1.17 bits per heavy atom. The minimum atomic E-state index is -1.40. The Bertz CT molecular complexity index is 746. The van der Waals surface area contributed by atoms with Crippen LogP contribution in [-0.2, 0) is 9.59 Å². The standard InChI is InChI=1S/C16H16N2O5/c1-8-13(10(3)19)15(14(16(20)21)9(2)17-8)11-4-6-12(7-5-11)18(22)23/h4-7,13,15H,1-3H3,(H,20,21)/p-1/t13?,15-/m1/s1. The van der Waals surface area contributed by atoms with Gasteiger partial charge in [0.1, 0.15) is 5.78 Å². The van der Waals surface area contributed by atoms with Gasteiger partial charge in [-0.05, 0) is 26.3 Å². The third-order valence-electron chi connectivity index (χ3n) is 3.95. The molecule has 0 bridgehead atoms. The van der Waals surface area contributed by atoms with E-state index in [0.29, 0.717) is 11.3 Å². The molecular weight excluding hydrogens is 300 g/mol. The molecule has 1 aromatic rings. The lowest BCUT2D eigenvalue weighted by Gasteiger charge is -2.33. The average molecular weight is 315 g/mol. The van der Waals surface area contributed by atoms with Gasteiger partial charge in [-0.2, -0.15) is 0 Å². The number of carboxylic acids is 1. The fraction of sp³-hybridized carbons (Fsp3) is 0.312. The number of Topliss-reactive ketones (excluding diaryl/α,β-unsaturated/α-hetero) is 1. The molecule has 0 amide bonds. The molecule has 0 fully saturated rings. The fourth-order valence-electron chi connectivity index (χ4n) is 2.99. The van der Waals surface area contributed by atoms with Crippen LogP contribution >= 0.6 is 0 Å². The Labute approximate surface area is 132 Å². The highest BCUT2D eigenvalue weighted by Crippen LogP contribution is 2.39. The summed E-state index contributed by atoms with van der Waals surface area (Å²) in [6.45, 7) is 4.58. The summed E-state index contributed by atoms with van der Waals surface area (Å²) in [5.74, 6) is -3.11. The molecular formula is C16H15N2O5-. The van der Waals surface area contributed by atoms with Gasteiger partial charge in [0.05, 0.1) is 16.8 Å². The summed E-state index contributed by atoms with van der Waals surface area (Å²) in [7, 11) is 0. The molecule has 1 unspecified atom stereocenters. The topological polar surface area (TPSA) is 113 Å². The van der Waals surface area contributed by atoms with Crippen molar-refractivity contribution in [2.24, 2.45) is 10.9 Å². The zero-order valence-corrected chi connectivity index (χ0v) is 12.9. The number of carbonyl (C=O) groups is 2. The first-order chi connectivity index (χ1) is 10.7. The van der Waals surface area contributed by atoms with Crippen LogP contribution in [0, 0.1) is 16.0 Å². The Morgan fingerprint density at radius 3 is 2.17 bits per heavy atom. The monoisotopic (exact) mass is 315 g/mol. The molecule has 0 spiro atoms. The Morgan fingerprint density at radius 2 is 1.74 bits per heavy atom. The van der Waals surface area contributed by atoms with Gasteiger partial charge in [0.25, 0.3) is 5.69 Å². The number of ketones is 1. The van der Waals surface area contributed by atoms with Gasteiger partial charge in [0.2, 0.25) is 0 Å². The average Bonchev–Trinajstić information content (AvgIpc) is 2.45. The molecule has 1 aliphatic rings. The third kappa shape index (κ3) is 3.03. The second-order valence-corrected chi connectivity index (χ2v) is 5.45. The SMILES string of the molecule is CC(=O)C1C(C)=NC(C)=C(C(=O)[O-])[C@@H]1c1ccc([N+](=O)[O-])cc1. The fourth-order valence-corrected chi connectivity index (χ4v) is 2.99. The van der Waals surface area contributed by atoms with Gasteiger partial charge < -0.3 is 9.90 Å². The van der Waals surface area contributed by atoms with Crippen LogP contribution in [-0.4, -0.2) is 22.4 Å². The second-order valence-electron chi connectivity index (χ2n) is 5.45. The number of nitro groups is 1. The molecule has 120 valence electrons. The van der Waals surface area contributed by atoms with Crippen LogP contribution in [0.3, 0.4) is 0 Å². The molecule has 0 saturated heterocycles. The molecule has 0 saturated carbocycles. The van der Waals surface area contributed by atoms with Crippen molar-refractivity contribution in [1.82, 2.24) is 0 Å². The molecule has 0 aliphatic carbocycles. The van der Waals surface area contributed by atoms with Crippen LogP contribution in [0.15, 0.2) is 40.5 Å². The summed E-state index contributed by atoms with van der Waals surface area (Å²) in [6, 6.07) is 5.51. The lowest BCUT2D eigenvalue weighted by atomic mass is 9.74. The minimum absolute atomic E-state index is 0.0651. The van der Waals surface area contributed by atoms with Gasteiger partial charge >= 0.3 is 0 Å². The zero-order valence-electron chi connectivity index (χ0n) is 12.9. The number of non-ortho nitro benzene ring substituents is 1. The van der Waals surface area contributed by atoms with E-state index in [1.54, 1.807) is 13.8 Å². The predicted octanol–water partition coefficient (Wildman–Crippen LogP) is 1.38. The third-order valence-corrected chi connectivity index (χ3v) is 3.95. The van der Waals surface area contributed by atoms with Crippen molar-refractivity contribution < 1.29 is 19.6 Å². The van der Waals surface area contributed by atoms with E-state index < -0.39 is 22.7 Å². The van der Waals surface area contributed by atoms with Crippen molar-refractivity contribution in [3.8, 4) is 0 Å². The quantitative estimate of drug-likeness (QED) is 0.615. The van der Waals surface area contributed by atoms with Crippen molar-refractivity contribution in [3.63, 3.8) is 0 Å². The first-order valence-corrected chi connectivity index (χ1v) is 6.96. The molecule has 7 nitrogen and oxygen atoms in total. The molecule has 23 heavy (non-hydrogen) atoms. The maximum Gasteiger partial charge on any atom is 0.269 e. The lowest BCUT2D eigenvalue weighted by Crippen LogP contribution is -2.38. The van der Waals surface area contributed by atoms with Crippen LogP contribution in [0.2, 0.25) is 0 Å². The van der Waals surface area contributed by atoms with Gasteiger partial charge in [-0.1, -0.05) is 12.1 Å². The number of carbonyl (C=O) groups excluding carboxylic acids is 2. The normalized spacial score (nSPS) is 20.9. The number of rotatable bonds is 4. The van der Waals surface area contributed by atoms with E-state index in [4.69, 9.17) is 0 Å². The number of nitrogens with zero attached hydrogens (tertiary/aromatic N) is 2. The van der Waals surface area contributed by atoms with Crippen LogP contribution < -0.4 is 5.11 Å². The van der Waals surface area contributed by atoms with Gasteiger partial charge in [-0.15, -0.1) is 0 Å². The number of aliphatic carboxylic acids is 1. The van der Waals surface area contributed by atoms with E-state index in [1.165, 1.54) is 31.2 Å². The Hall–Kier alpha value is -2.83. The number of nitro benzene ring substituents is 1. The summed E-state index contributed by atoms with van der Waals surface area (Å²) in [5, 5.41) is 22.3. The molecule has 2 rings (SSSR count). The largest absolute Gasteiger partial charge is 0.545 e. The molecule has 7 heteroatoms. The molecule has 0 N–H and O–H groups in total. The summed E-state index contributed by atoms with van der Waals surface area (Å²) in [6.07, 6.45) is 0. The molecule has 0 radical (unpaired) electrons. The first kappa shape index (κ1) is 16.5. The zero-order chi connectivity index (χ0) is 17.3. The highest BCUT2D eigenvalue weighted by Gasteiger charge is 2.36. The first-order valence-electron chi connectivity index (χ1n) is 6.96. The predicted molar refractivity (Wildman–Crippen MR) is 80.8 cm³/mol. The van der Waals surface area contributed by atoms with Crippen molar-refractivity contribution in [2.45, 2.75) is 26.7 Å². The van der Waals surface area contributed by atoms with E-state index in [-0.39, 0.29) is 22.7 Å². The molecule has 1 heterocycles. The van der Waals surface area contributed by atoms with Gasteiger partial charge in [-0.25, -0.2) is 0 Å². The van der Waals surface area contributed by atoms with E-state index >= 15 is 0 Å². The van der Waals surface area contributed by atoms with Gasteiger partial charge in [-0.3, -0.25) is 19.9 Å². The van der Waals surface area contributed by atoms with Crippen molar-refractivity contribution >= 4 is 23.2 Å². The van der Waals surface area contributed by atoms with Crippen LogP contribution in [0.5, 0.6) is 0 Å². The highest BCUT2D eigenvalue weighted by molar-refractivity contribution is 6.08. The van der Waals surface area contributed by atoms with E-state index in [2.05, 4.69) is 4.99 Å². The molecule has 0 aromatic heterocycles. The summed E-state index contributed by atoms with van der Waals surface area (Å²) >= 11 is 0. The smallest absolute Gasteiger partial charge is 0.269 e. The van der Waals surface area contributed by atoms with Crippen molar-refractivity contribution in [3.05, 3.63) is 51.2 Å². The second kappa shape index (κ2) is 6.12. The summed E-state index contributed by atoms with van der Waals surface area (Å²) < 4.78 is 0. The summed E-state index contributed by atoms with van der Waals surface area (Å²) in [5.41, 5.74) is 1.13. The van der Waals surface area contributed by atoms with Crippen LogP contribution in [0.1, 0.15) is 32.3 Å². The number of aliphatic imine (C=N–C) groups is 1. The number of allylic oxidation sites excluding steroid dienone is 1. The Kier molecular flexibility index (Phi) is 4.40. The van der Waals surface area contributed by atoms with Crippen LogP contribution in [0.4, 0.5) is 5.69 Å². The maximum absolute atomic E-state index is 12.0. The number of carboxylic acid groups (broad SMARTS) is 1. The Balaban J connectivity index is 2.61. The van der Waals surface area contributed by atoms with E-state index in [0.717, 1.165) is 0 Å². The van der Waals surface area contributed by atoms with Gasteiger partial charge in [0.15, 0.2) is 0 Å². The van der Waals surface area contributed by atoms with E-state index in [1.807, 2.05) is 0 Å². The van der Waals surface area contributed by atoms with Crippen molar-refractivity contribution in [1.29, 1.82) is 0 Å².